The maximum absolute atomic E-state index is 12.3. The minimum absolute atomic E-state index is 0. The van der Waals surface area contributed by atoms with E-state index in [9.17, 15) is 4.79 Å². The zero-order chi connectivity index (χ0) is 14.7. The number of benzene rings is 1. The van der Waals surface area contributed by atoms with Crippen molar-refractivity contribution in [1.82, 2.24) is 4.90 Å². The molecule has 3 rings (SSSR count). The Kier molecular flexibility index (Phi) is 6.24. The van der Waals surface area contributed by atoms with Crippen molar-refractivity contribution >= 4 is 18.3 Å². The van der Waals surface area contributed by atoms with E-state index in [0.717, 1.165) is 12.8 Å². The van der Waals surface area contributed by atoms with Crippen molar-refractivity contribution in [1.29, 1.82) is 0 Å². The molecule has 5 heteroatoms. The topological polar surface area (TPSA) is 55.6 Å². The van der Waals surface area contributed by atoms with Gasteiger partial charge in [0.2, 0.25) is 5.91 Å². The molecule has 1 saturated carbocycles. The molecule has 1 saturated heterocycles. The fourth-order valence-corrected chi connectivity index (χ4v) is 3.42. The number of amides is 1. The lowest BCUT2D eigenvalue weighted by Gasteiger charge is -2.18. The summed E-state index contributed by atoms with van der Waals surface area (Å²) in [5.41, 5.74) is 7.44. The van der Waals surface area contributed by atoms with Gasteiger partial charge in [0.25, 0.3) is 0 Å². The van der Waals surface area contributed by atoms with Crippen LogP contribution < -0.4 is 5.73 Å². The molecule has 0 aromatic heterocycles. The highest BCUT2D eigenvalue weighted by atomic mass is 35.5. The molecule has 1 aliphatic heterocycles. The van der Waals surface area contributed by atoms with E-state index in [1.165, 1.54) is 18.4 Å². The van der Waals surface area contributed by atoms with E-state index in [1.54, 1.807) is 0 Å². The largest absolute Gasteiger partial charge is 0.368 e. The molecular formula is C17H25ClN2O2. The third-order valence-corrected chi connectivity index (χ3v) is 4.69. The van der Waals surface area contributed by atoms with E-state index < -0.39 is 0 Å². The molecule has 1 amide bonds. The number of rotatable bonds is 4. The fourth-order valence-electron chi connectivity index (χ4n) is 3.42. The third kappa shape index (κ3) is 4.00. The van der Waals surface area contributed by atoms with Crippen LogP contribution in [0.15, 0.2) is 30.3 Å². The number of nitrogens with zero attached hydrogens (tertiary/aromatic N) is 1. The number of likely N-dealkylation sites (tertiary alicyclic amines) is 1. The lowest BCUT2D eigenvalue weighted by Crippen LogP contribution is -2.35. The summed E-state index contributed by atoms with van der Waals surface area (Å²) in [4.78, 5) is 14.1. The van der Waals surface area contributed by atoms with Crippen LogP contribution in [0.2, 0.25) is 0 Å². The lowest BCUT2D eigenvalue weighted by atomic mass is 9.95. The van der Waals surface area contributed by atoms with E-state index in [0.29, 0.717) is 13.1 Å². The Morgan fingerprint density at radius 1 is 1.18 bits per heavy atom. The van der Waals surface area contributed by atoms with Gasteiger partial charge in [-0.3, -0.25) is 4.79 Å². The second-order valence-electron chi connectivity index (χ2n) is 6.20. The Morgan fingerprint density at radius 2 is 1.86 bits per heavy atom. The number of hydrogen-bond donors (Lipinski definition) is 1. The summed E-state index contributed by atoms with van der Waals surface area (Å²) in [6, 6.07) is 10.2. The lowest BCUT2D eigenvalue weighted by molar-refractivity contribution is -0.137. The molecule has 22 heavy (non-hydrogen) atoms. The summed E-state index contributed by atoms with van der Waals surface area (Å²) in [7, 11) is 0. The van der Waals surface area contributed by atoms with Crippen LogP contribution >= 0.6 is 12.4 Å². The minimum Gasteiger partial charge on any atom is -0.368 e. The van der Waals surface area contributed by atoms with Crippen LogP contribution in [0.4, 0.5) is 0 Å². The number of carbonyl (C=O) groups is 1. The highest BCUT2D eigenvalue weighted by molar-refractivity contribution is 5.85. The van der Waals surface area contributed by atoms with Crippen LogP contribution in [0.5, 0.6) is 0 Å². The Morgan fingerprint density at radius 3 is 2.55 bits per heavy atom. The standard InChI is InChI=1S/C17H24N2O2.ClH/c18-16-11-19(10-15(16)13-6-2-1-3-7-13)17(20)12-21-14-8-4-5-9-14;/h1-3,6-7,14-16H,4-5,8-12,18H2;1H/t15-,16+;/m0./s1. The molecule has 122 valence electrons. The average Bonchev–Trinajstić information content (AvgIpc) is 3.15. The molecular weight excluding hydrogens is 300 g/mol. The summed E-state index contributed by atoms with van der Waals surface area (Å²) in [6.07, 6.45) is 4.93. The molecule has 4 nitrogen and oxygen atoms in total. The Bertz CT molecular complexity index is 477. The quantitative estimate of drug-likeness (QED) is 0.924. The maximum Gasteiger partial charge on any atom is 0.248 e. The van der Waals surface area contributed by atoms with Gasteiger partial charge in [-0.2, -0.15) is 0 Å². The minimum atomic E-state index is 0. The Hall–Kier alpha value is -1.10. The first-order valence-electron chi connectivity index (χ1n) is 7.94. The van der Waals surface area contributed by atoms with Gasteiger partial charge in [0.05, 0.1) is 6.10 Å². The van der Waals surface area contributed by atoms with Crippen molar-refractivity contribution < 1.29 is 9.53 Å². The zero-order valence-corrected chi connectivity index (χ0v) is 13.6. The molecule has 1 heterocycles. The van der Waals surface area contributed by atoms with Crippen LogP contribution in [0.3, 0.4) is 0 Å². The van der Waals surface area contributed by atoms with Gasteiger partial charge in [0, 0.05) is 25.0 Å². The second-order valence-corrected chi connectivity index (χ2v) is 6.20. The van der Waals surface area contributed by atoms with E-state index in [4.69, 9.17) is 10.5 Å². The molecule has 0 spiro atoms. The number of carbonyl (C=O) groups excluding carboxylic acids is 1. The number of ether oxygens (including phenoxy) is 1. The van der Waals surface area contributed by atoms with Crippen molar-refractivity contribution in [2.45, 2.75) is 43.7 Å². The van der Waals surface area contributed by atoms with Gasteiger partial charge in [-0.1, -0.05) is 43.2 Å². The second kappa shape index (κ2) is 7.95. The van der Waals surface area contributed by atoms with Crippen LogP contribution in [0.25, 0.3) is 0 Å². The Labute approximate surface area is 138 Å². The SMILES string of the molecule is Cl.N[C@@H]1CN(C(=O)COC2CCCC2)C[C@H]1c1ccccc1. The van der Waals surface area contributed by atoms with Gasteiger partial charge < -0.3 is 15.4 Å². The van der Waals surface area contributed by atoms with E-state index >= 15 is 0 Å². The first-order chi connectivity index (χ1) is 10.2. The summed E-state index contributed by atoms with van der Waals surface area (Å²) in [5.74, 6) is 0.317. The fraction of sp³-hybridized carbons (Fsp3) is 0.588. The molecule has 1 aromatic carbocycles. The van der Waals surface area contributed by atoms with Gasteiger partial charge in [0.15, 0.2) is 0 Å². The zero-order valence-electron chi connectivity index (χ0n) is 12.8. The summed E-state index contributed by atoms with van der Waals surface area (Å²) >= 11 is 0. The summed E-state index contributed by atoms with van der Waals surface area (Å²) < 4.78 is 5.72. The molecule has 2 N–H and O–H groups in total. The van der Waals surface area contributed by atoms with Crippen LogP contribution in [0.1, 0.15) is 37.2 Å². The molecule has 0 radical (unpaired) electrons. The monoisotopic (exact) mass is 324 g/mol. The van der Waals surface area contributed by atoms with Gasteiger partial charge in [-0.05, 0) is 18.4 Å². The molecule has 0 unspecified atom stereocenters. The van der Waals surface area contributed by atoms with Gasteiger partial charge in [-0.25, -0.2) is 0 Å². The average molecular weight is 325 g/mol. The molecule has 2 atom stereocenters. The third-order valence-electron chi connectivity index (χ3n) is 4.69. The molecule has 2 fully saturated rings. The normalized spacial score (nSPS) is 25.2. The number of halogens is 1. The van der Waals surface area contributed by atoms with Gasteiger partial charge in [-0.15, -0.1) is 12.4 Å². The first-order valence-corrected chi connectivity index (χ1v) is 7.94. The number of nitrogens with two attached hydrogens (primary N) is 1. The van der Waals surface area contributed by atoms with Gasteiger partial charge in [0.1, 0.15) is 6.61 Å². The summed E-state index contributed by atoms with van der Waals surface area (Å²) in [6.45, 7) is 1.54. The molecule has 0 bridgehead atoms. The van der Waals surface area contributed by atoms with E-state index in [1.807, 2.05) is 23.1 Å². The molecule has 2 aliphatic rings. The van der Waals surface area contributed by atoms with Gasteiger partial charge >= 0.3 is 0 Å². The number of hydrogen-bond acceptors (Lipinski definition) is 3. The summed E-state index contributed by atoms with van der Waals surface area (Å²) in [5, 5.41) is 0. The predicted molar refractivity (Wildman–Crippen MR) is 89.2 cm³/mol. The van der Waals surface area contributed by atoms with E-state index in [-0.39, 0.29) is 43.0 Å². The smallest absolute Gasteiger partial charge is 0.248 e. The van der Waals surface area contributed by atoms with Crippen LogP contribution in [-0.4, -0.2) is 42.6 Å². The van der Waals surface area contributed by atoms with Crippen molar-refractivity contribution in [3.8, 4) is 0 Å². The van der Waals surface area contributed by atoms with Crippen molar-refractivity contribution in [3.05, 3.63) is 35.9 Å². The molecule has 1 aromatic rings. The Balaban J connectivity index is 0.00000176. The predicted octanol–water partition coefficient (Wildman–Crippen LogP) is 2.32. The van der Waals surface area contributed by atoms with Crippen LogP contribution in [-0.2, 0) is 9.53 Å². The first kappa shape index (κ1) is 17.3. The van der Waals surface area contributed by atoms with Crippen LogP contribution in [0, 0.1) is 0 Å². The molecule has 1 aliphatic carbocycles. The van der Waals surface area contributed by atoms with E-state index in [2.05, 4.69) is 12.1 Å². The van der Waals surface area contributed by atoms with Crippen molar-refractivity contribution in [2.24, 2.45) is 5.73 Å². The highest BCUT2D eigenvalue weighted by Crippen LogP contribution is 2.27. The van der Waals surface area contributed by atoms with Crippen molar-refractivity contribution in [3.63, 3.8) is 0 Å². The maximum atomic E-state index is 12.3. The van der Waals surface area contributed by atoms with Crippen molar-refractivity contribution in [2.75, 3.05) is 19.7 Å². The highest BCUT2D eigenvalue weighted by Gasteiger charge is 2.34.